The van der Waals surface area contributed by atoms with Crippen LogP contribution in [0.4, 0.5) is 10.2 Å². The predicted octanol–water partition coefficient (Wildman–Crippen LogP) is 3.85. The zero-order chi connectivity index (χ0) is 19.8. The van der Waals surface area contributed by atoms with Gasteiger partial charge in [-0.05, 0) is 24.3 Å². The van der Waals surface area contributed by atoms with Crippen molar-refractivity contribution < 1.29 is 9.13 Å². The molecule has 7 heteroatoms. The lowest BCUT2D eigenvalue weighted by Crippen LogP contribution is -2.39. The Morgan fingerprint density at radius 1 is 1.14 bits per heavy atom. The summed E-state index contributed by atoms with van der Waals surface area (Å²) in [4.78, 5) is 20.4. The Kier molecular flexibility index (Phi) is 4.87. The van der Waals surface area contributed by atoms with Crippen LogP contribution in [0.1, 0.15) is 0 Å². The van der Waals surface area contributed by atoms with Gasteiger partial charge in [0.2, 0.25) is 0 Å². The van der Waals surface area contributed by atoms with Crippen molar-refractivity contribution in [2.75, 3.05) is 44.7 Å². The number of anilines is 1. The highest BCUT2D eigenvalue weighted by atomic mass is 32.1. The van der Waals surface area contributed by atoms with Gasteiger partial charge in [0.1, 0.15) is 11.6 Å². The molecule has 0 amide bonds. The molecular weight excluding hydrogens is 389 g/mol. The maximum atomic E-state index is 13.8. The molecule has 0 bridgehead atoms. The lowest BCUT2D eigenvalue weighted by atomic mass is 10.1. The zero-order valence-electron chi connectivity index (χ0n) is 15.8. The van der Waals surface area contributed by atoms with Gasteiger partial charge in [0.15, 0.2) is 5.43 Å². The van der Waals surface area contributed by atoms with E-state index in [4.69, 9.17) is 9.72 Å². The number of hydrogen-bond donors (Lipinski definition) is 1. The van der Waals surface area contributed by atoms with Crippen LogP contribution in [0.5, 0.6) is 0 Å². The van der Waals surface area contributed by atoms with E-state index in [1.807, 2.05) is 24.3 Å². The summed E-state index contributed by atoms with van der Waals surface area (Å²) in [6.07, 6.45) is 0. The van der Waals surface area contributed by atoms with Gasteiger partial charge in [0.05, 0.1) is 28.8 Å². The number of ether oxygens (including phenoxy) is 1. The molecule has 0 unspecified atom stereocenters. The van der Waals surface area contributed by atoms with Crippen LogP contribution in [-0.2, 0) is 4.74 Å². The number of para-hydroxylation sites is 1. The van der Waals surface area contributed by atoms with Gasteiger partial charge >= 0.3 is 0 Å². The minimum atomic E-state index is -0.400. The molecule has 29 heavy (non-hydrogen) atoms. The minimum absolute atomic E-state index is 0.150. The van der Waals surface area contributed by atoms with E-state index in [1.165, 1.54) is 23.5 Å². The first-order chi connectivity index (χ1) is 14.2. The van der Waals surface area contributed by atoms with E-state index in [0.29, 0.717) is 16.6 Å². The van der Waals surface area contributed by atoms with E-state index in [-0.39, 0.29) is 5.43 Å². The molecule has 1 N–H and O–H groups in total. The summed E-state index contributed by atoms with van der Waals surface area (Å²) in [5.74, 6) is 0.309. The van der Waals surface area contributed by atoms with Crippen LogP contribution in [0.3, 0.4) is 0 Å². The number of hydrogen-bond acceptors (Lipinski definition) is 6. The van der Waals surface area contributed by atoms with Gasteiger partial charge in [-0.2, -0.15) is 0 Å². The zero-order valence-corrected chi connectivity index (χ0v) is 16.6. The number of nitrogens with zero attached hydrogens (tertiary/aromatic N) is 2. The predicted molar refractivity (Wildman–Crippen MR) is 117 cm³/mol. The molecule has 4 aromatic rings. The third-order valence-electron chi connectivity index (χ3n) is 5.30. The second kappa shape index (κ2) is 7.67. The average molecular weight is 409 g/mol. The summed E-state index contributed by atoms with van der Waals surface area (Å²) in [5.41, 5.74) is 0.608. The van der Waals surface area contributed by atoms with E-state index in [1.54, 1.807) is 6.07 Å². The number of fused-ring (bicyclic) bond motifs is 4. The van der Waals surface area contributed by atoms with Gasteiger partial charge < -0.3 is 10.1 Å². The van der Waals surface area contributed by atoms with Crippen LogP contribution in [0.15, 0.2) is 47.3 Å². The quantitative estimate of drug-likeness (QED) is 0.410. The summed E-state index contributed by atoms with van der Waals surface area (Å²) in [5, 5.41) is 5.25. The van der Waals surface area contributed by atoms with Crippen LogP contribution in [0, 0.1) is 5.82 Å². The molecule has 2 aromatic carbocycles. The molecule has 0 aliphatic carbocycles. The fourth-order valence-corrected chi connectivity index (χ4v) is 4.95. The van der Waals surface area contributed by atoms with Gasteiger partial charge in [-0.3, -0.25) is 9.69 Å². The molecule has 1 fully saturated rings. The van der Waals surface area contributed by atoms with Crippen molar-refractivity contribution in [2.45, 2.75) is 0 Å². The first-order valence-corrected chi connectivity index (χ1v) is 10.5. The third kappa shape index (κ3) is 3.46. The fourth-order valence-electron chi connectivity index (χ4n) is 3.81. The van der Waals surface area contributed by atoms with Crippen LogP contribution in [0.2, 0.25) is 0 Å². The van der Waals surface area contributed by atoms with Crippen molar-refractivity contribution in [2.24, 2.45) is 0 Å². The van der Waals surface area contributed by atoms with Crippen LogP contribution in [0.25, 0.3) is 31.1 Å². The number of benzene rings is 2. The largest absolute Gasteiger partial charge is 0.379 e. The van der Waals surface area contributed by atoms with Crippen LogP contribution in [-0.4, -0.2) is 49.3 Å². The van der Waals surface area contributed by atoms with Gasteiger partial charge in [-0.1, -0.05) is 18.2 Å². The SMILES string of the molecule is O=c1c2cc(F)ccc2sc2c(NCCN3CCOCC3)nc3ccccc3c12. The molecular formula is C22H20FN3O2S. The second-order valence-electron chi connectivity index (χ2n) is 7.13. The number of rotatable bonds is 4. The lowest BCUT2D eigenvalue weighted by Gasteiger charge is -2.26. The van der Waals surface area contributed by atoms with E-state index < -0.39 is 5.82 Å². The topological polar surface area (TPSA) is 54.5 Å². The van der Waals surface area contributed by atoms with E-state index in [2.05, 4.69) is 10.2 Å². The number of pyridine rings is 1. The molecule has 5 rings (SSSR count). The summed E-state index contributed by atoms with van der Waals surface area (Å²) >= 11 is 1.48. The molecule has 1 aliphatic rings. The van der Waals surface area contributed by atoms with E-state index >= 15 is 0 Å². The van der Waals surface area contributed by atoms with Crippen molar-refractivity contribution in [3.05, 3.63) is 58.5 Å². The highest BCUT2D eigenvalue weighted by molar-refractivity contribution is 7.25. The van der Waals surface area contributed by atoms with Crippen LogP contribution >= 0.6 is 11.3 Å². The van der Waals surface area contributed by atoms with Gasteiger partial charge in [-0.25, -0.2) is 9.37 Å². The molecule has 1 saturated heterocycles. The van der Waals surface area contributed by atoms with Gasteiger partial charge in [0.25, 0.3) is 0 Å². The first-order valence-electron chi connectivity index (χ1n) is 9.69. The standard InChI is InChI=1S/C22H20FN3O2S/c23-14-5-6-18-16(13-14)20(27)19-15-3-1-2-4-17(15)25-22(21(19)29-18)24-7-8-26-9-11-28-12-10-26/h1-6,13H,7-12H2,(H,24,25). The Hall–Kier alpha value is -2.61. The highest BCUT2D eigenvalue weighted by Gasteiger charge is 2.16. The molecule has 1 aliphatic heterocycles. The lowest BCUT2D eigenvalue weighted by molar-refractivity contribution is 0.0398. The summed E-state index contributed by atoms with van der Waals surface area (Å²) in [6.45, 7) is 4.99. The molecule has 0 atom stereocenters. The fraction of sp³-hybridized carbons (Fsp3) is 0.273. The molecule has 0 spiro atoms. The molecule has 3 heterocycles. The summed E-state index contributed by atoms with van der Waals surface area (Å²) in [6, 6.07) is 12.0. The van der Waals surface area contributed by atoms with Crippen molar-refractivity contribution in [3.63, 3.8) is 0 Å². The molecule has 0 saturated carbocycles. The second-order valence-corrected chi connectivity index (χ2v) is 8.19. The normalized spacial score (nSPS) is 15.3. The number of morpholine rings is 1. The Bertz CT molecular complexity index is 1270. The monoisotopic (exact) mass is 409 g/mol. The molecule has 5 nitrogen and oxygen atoms in total. The van der Waals surface area contributed by atoms with Crippen molar-refractivity contribution in [1.82, 2.24) is 9.88 Å². The van der Waals surface area contributed by atoms with Gasteiger partial charge in [0, 0.05) is 41.7 Å². The molecule has 148 valence electrons. The number of halogens is 1. The Balaban J connectivity index is 1.63. The highest BCUT2D eigenvalue weighted by Crippen LogP contribution is 2.34. The number of aromatic nitrogens is 1. The Labute approximate surface area is 170 Å². The van der Waals surface area contributed by atoms with Crippen molar-refractivity contribution >= 4 is 48.2 Å². The van der Waals surface area contributed by atoms with Crippen molar-refractivity contribution in [3.8, 4) is 0 Å². The minimum Gasteiger partial charge on any atom is -0.379 e. The third-order valence-corrected chi connectivity index (χ3v) is 6.47. The first kappa shape index (κ1) is 18.4. The van der Waals surface area contributed by atoms with Crippen molar-refractivity contribution in [1.29, 1.82) is 0 Å². The maximum Gasteiger partial charge on any atom is 0.196 e. The maximum absolute atomic E-state index is 13.8. The average Bonchev–Trinajstić information content (AvgIpc) is 2.75. The number of nitrogens with one attached hydrogen (secondary N) is 1. The smallest absolute Gasteiger partial charge is 0.196 e. The molecule has 2 aromatic heterocycles. The summed E-state index contributed by atoms with van der Waals surface area (Å²) in [7, 11) is 0. The van der Waals surface area contributed by atoms with Crippen LogP contribution < -0.4 is 10.7 Å². The molecule has 0 radical (unpaired) electrons. The van der Waals surface area contributed by atoms with E-state index in [9.17, 15) is 9.18 Å². The Morgan fingerprint density at radius 3 is 2.83 bits per heavy atom. The Morgan fingerprint density at radius 2 is 1.97 bits per heavy atom. The summed E-state index contributed by atoms with van der Waals surface area (Å²) < 4.78 is 20.8. The van der Waals surface area contributed by atoms with E-state index in [0.717, 1.165) is 59.7 Å². The van der Waals surface area contributed by atoms with Gasteiger partial charge in [-0.15, -0.1) is 11.3 Å².